The van der Waals surface area contributed by atoms with Gasteiger partial charge in [0.25, 0.3) is 5.56 Å². The number of fused-ring (bicyclic) bond motifs is 2. The van der Waals surface area contributed by atoms with Gasteiger partial charge in [-0.05, 0) is 31.0 Å². The molecule has 0 aliphatic carbocycles. The molecule has 1 fully saturated rings. The van der Waals surface area contributed by atoms with Gasteiger partial charge in [-0.3, -0.25) is 9.36 Å². The van der Waals surface area contributed by atoms with E-state index in [1.807, 2.05) is 30.3 Å². The normalized spacial score (nSPS) is 17.1. The molecule has 3 aromatic rings. The first kappa shape index (κ1) is 17.8. The van der Waals surface area contributed by atoms with Crippen LogP contribution in [0, 0.1) is 11.3 Å². The second kappa shape index (κ2) is 7.30. The quantitative estimate of drug-likeness (QED) is 0.672. The van der Waals surface area contributed by atoms with E-state index in [1.54, 1.807) is 10.9 Å². The number of ether oxygens (including phenoxy) is 1. The first-order valence-electron chi connectivity index (χ1n) is 9.96. The van der Waals surface area contributed by atoms with Gasteiger partial charge >= 0.3 is 0 Å². The molecule has 2 aliphatic heterocycles. The molecule has 0 N–H and O–H groups in total. The number of rotatable bonds is 2. The highest BCUT2D eigenvalue weighted by molar-refractivity contribution is 5.76. The van der Waals surface area contributed by atoms with Crippen LogP contribution >= 0.6 is 0 Å². The summed E-state index contributed by atoms with van der Waals surface area (Å²) in [6, 6.07) is 11.8. The molecule has 0 amide bonds. The lowest BCUT2D eigenvalue weighted by Gasteiger charge is -2.34. The van der Waals surface area contributed by atoms with Crippen molar-refractivity contribution < 1.29 is 4.74 Å². The Labute approximate surface area is 168 Å². The molecule has 7 heteroatoms. The summed E-state index contributed by atoms with van der Waals surface area (Å²) in [5, 5.41) is 10.3. The van der Waals surface area contributed by atoms with E-state index in [4.69, 9.17) is 9.72 Å². The largest absolute Gasteiger partial charge is 0.376 e. The first-order chi connectivity index (χ1) is 14.2. The van der Waals surface area contributed by atoms with Gasteiger partial charge in [0.1, 0.15) is 11.9 Å². The maximum atomic E-state index is 12.9. The molecule has 29 heavy (non-hydrogen) atoms. The third-order valence-electron chi connectivity index (χ3n) is 5.88. The topological polar surface area (TPSA) is 84.0 Å². The predicted molar refractivity (Wildman–Crippen MR) is 109 cm³/mol. The molecule has 0 atom stereocenters. The van der Waals surface area contributed by atoms with Gasteiger partial charge in [-0.15, -0.1) is 0 Å². The van der Waals surface area contributed by atoms with Gasteiger partial charge < -0.3 is 9.64 Å². The van der Waals surface area contributed by atoms with Crippen molar-refractivity contribution in [2.45, 2.75) is 31.9 Å². The number of benzene rings is 1. The standard InChI is InChI=1S/C22H21N5O2/c23-12-15-11-16-13-29-10-7-19(16)25-21(15)26-8-5-17(6-9-26)27-14-24-20-4-2-1-3-18(20)22(27)28/h1-4,11,14,17H,5-10,13H2. The third kappa shape index (κ3) is 3.15. The van der Waals surface area contributed by atoms with Gasteiger partial charge in [-0.1, -0.05) is 12.1 Å². The van der Waals surface area contributed by atoms with Gasteiger partial charge in [0.05, 0.1) is 41.7 Å². The van der Waals surface area contributed by atoms with Gasteiger partial charge in [0.2, 0.25) is 0 Å². The van der Waals surface area contributed by atoms with Crippen LogP contribution in [0.3, 0.4) is 0 Å². The zero-order valence-corrected chi connectivity index (χ0v) is 16.0. The average Bonchev–Trinajstić information content (AvgIpc) is 2.79. The molecule has 2 aliphatic rings. The van der Waals surface area contributed by atoms with E-state index in [0.717, 1.165) is 54.9 Å². The first-order valence-corrected chi connectivity index (χ1v) is 9.96. The van der Waals surface area contributed by atoms with Crippen LogP contribution in [0.1, 0.15) is 35.7 Å². The van der Waals surface area contributed by atoms with Crippen LogP contribution in [-0.2, 0) is 17.8 Å². The molecule has 4 heterocycles. The van der Waals surface area contributed by atoms with Gasteiger partial charge in [0.15, 0.2) is 0 Å². The van der Waals surface area contributed by atoms with Crippen LogP contribution < -0.4 is 10.5 Å². The minimum absolute atomic E-state index is 0.0127. The fourth-order valence-electron chi connectivity index (χ4n) is 4.30. The number of piperidine rings is 1. The number of anilines is 1. The Morgan fingerprint density at radius 1 is 1.21 bits per heavy atom. The zero-order valence-electron chi connectivity index (χ0n) is 16.0. The monoisotopic (exact) mass is 387 g/mol. The molecule has 146 valence electrons. The van der Waals surface area contributed by atoms with E-state index in [9.17, 15) is 10.1 Å². The van der Waals surface area contributed by atoms with Crippen LogP contribution in [0.25, 0.3) is 10.9 Å². The number of nitriles is 1. The number of hydrogen-bond donors (Lipinski definition) is 0. The Hall–Kier alpha value is -3.24. The fourth-order valence-corrected chi connectivity index (χ4v) is 4.30. The van der Waals surface area contributed by atoms with Crippen LogP contribution in [-0.4, -0.2) is 34.2 Å². The van der Waals surface area contributed by atoms with E-state index < -0.39 is 0 Å². The van der Waals surface area contributed by atoms with Crippen molar-refractivity contribution in [3.8, 4) is 6.07 Å². The maximum Gasteiger partial charge on any atom is 0.261 e. The van der Waals surface area contributed by atoms with Crippen molar-refractivity contribution in [2.75, 3.05) is 24.6 Å². The molecular weight excluding hydrogens is 366 g/mol. The fraction of sp³-hybridized carbons (Fsp3) is 0.364. The zero-order chi connectivity index (χ0) is 19.8. The highest BCUT2D eigenvalue weighted by atomic mass is 16.5. The van der Waals surface area contributed by atoms with Gasteiger partial charge in [0, 0.05) is 31.1 Å². The van der Waals surface area contributed by atoms with Gasteiger partial charge in [-0.2, -0.15) is 5.26 Å². The Bertz CT molecular complexity index is 1170. The summed E-state index contributed by atoms with van der Waals surface area (Å²) in [6.07, 6.45) is 4.07. The smallest absolute Gasteiger partial charge is 0.261 e. The molecule has 1 aromatic carbocycles. The number of pyridine rings is 1. The molecule has 5 rings (SSSR count). The van der Waals surface area contributed by atoms with Crippen LogP contribution in [0.2, 0.25) is 0 Å². The lowest BCUT2D eigenvalue weighted by molar-refractivity contribution is 0.109. The van der Waals surface area contributed by atoms with Crippen LogP contribution in [0.15, 0.2) is 41.5 Å². The van der Waals surface area contributed by atoms with E-state index in [1.165, 1.54) is 0 Å². The Morgan fingerprint density at radius 2 is 2.03 bits per heavy atom. The minimum Gasteiger partial charge on any atom is -0.376 e. The van der Waals surface area contributed by atoms with E-state index in [0.29, 0.717) is 24.2 Å². The summed E-state index contributed by atoms with van der Waals surface area (Å²) < 4.78 is 7.25. The molecule has 2 aromatic heterocycles. The van der Waals surface area contributed by atoms with E-state index >= 15 is 0 Å². The highest BCUT2D eigenvalue weighted by Gasteiger charge is 2.26. The van der Waals surface area contributed by atoms with Gasteiger partial charge in [-0.25, -0.2) is 9.97 Å². The van der Waals surface area contributed by atoms with Crippen molar-refractivity contribution in [3.05, 3.63) is 63.8 Å². The van der Waals surface area contributed by atoms with Crippen molar-refractivity contribution in [3.63, 3.8) is 0 Å². The van der Waals surface area contributed by atoms with Crippen molar-refractivity contribution in [1.29, 1.82) is 5.26 Å². The summed E-state index contributed by atoms with van der Waals surface area (Å²) in [6.45, 7) is 2.70. The predicted octanol–water partition coefficient (Wildman–Crippen LogP) is 2.58. The van der Waals surface area contributed by atoms with Crippen molar-refractivity contribution in [1.82, 2.24) is 14.5 Å². The molecule has 0 spiro atoms. The lowest BCUT2D eigenvalue weighted by Crippen LogP contribution is -2.38. The number of aromatic nitrogens is 3. The third-order valence-corrected chi connectivity index (χ3v) is 5.88. The summed E-state index contributed by atoms with van der Waals surface area (Å²) in [4.78, 5) is 24.3. The molecule has 0 saturated carbocycles. The highest BCUT2D eigenvalue weighted by Crippen LogP contribution is 2.29. The summed E-state index contributed by atoms with van der Waals surface area (Å²) >= 11 is 0. The summed E-state index contributed by atoms with van der Waals surface area (Å²) in [5.74, 6) is 0.760. The van der Waals surface area contributed by atoms with Crippen molar-refractivity contribution >= 4 is 16.7 Å². The van der Waals surface area contributed by atoms with E-state index in [-0.39, 0.29) is 11.6 Å². The molecule has 0 radical (unpaired) electrons. The summed E-state index contributed by atoms with van der Waals surface area (Å²) in [7, 11) is 0. The van der Waals surface area contributed by atoms with E-state index in [2.05, 4.69) is 16.0 Å². The maximum absolute atomic E-state index is 12.9. The second-order valence-electron chi connectivity index (χ2n) is 7.57. The number of para-hydroxylation sites is 1. The molecule has 7 nitrogen and oxygen atoms in total. The Morgan fingerprint density at radius 3 is 2.86 bits per heavy atom. The summed E-state index contributed by atoms with van der Waals surface area (Å²) in [5.41, 5.74) is 3.38. The molecule has 0 bridgehead atoms. The average molecular weight is 387 g/mol. The number of nitrogens with zero attached hydrogens (tertiary/aromatic N) is 5. The molecule has 1 saturated heterocycles. The lowest BCUT2D eigenvalue weighted by atomic mass is 10.0. The molecule has 0 unspecified atom stereocenters. The van der Waals surface area contributed by atoms with Crippen molar-refractivity contribution in [2.24, 2.45) is 0 Å². The van der Waals surface area contributed by atoms with Crippen LogP contribution in [0.5, 0.6) is 0 Å². The second-order valence-corrected chi connectivity index (χ2v) is 7.57. The SMILES string of the molecule is N#Cc1cc2c(nc1N1CCC(n3cnc4ccccc4c3=O)CC1)CCOC2. The van der Waals surface area contributed by atoms with Crippen LogP contribution in [0.4, 0.5) is 5.82 Å². The molecular formula is C22H21N5O2. The Balaban J connectivity index is 1.39. The number of hydrogen-bond acceptors (Lipinski definition) is 6. The Kier molecular flexibility index (Phi) is 4.49. The minimum atomic E-state index is 0.0127.